The molecule has 0 unspecified atom stereocenters. The lowest BCUT2D eigenvalue weighted by molar-refractivity contribution is -0.127. The normalized spacial score (nSPS) is 23.6. The van der Waals surface area contributed by atoms with Crippen LogP contribution < -0.4 is 10.1 Å². The maximum Gasteiger partial charge on any atom is 0.237 e. The number of nitrogens with zero attached hydrogens (tertiary/aromatic N) is 3. The Morgan fingerprint density at radius 2 is 2.00 bits per heavy atom. The molecule has 1 aliphatic carbocycles. The molecule has 1 N–H and O–H groups in total. The Bertz CT molecular complexity index is 592. The van der Waals surface area contributed by atoms with Gasteiger partial charge >= 0.3 is 0 Å². The summed E-state index contributed by atoms with van der Waals surface area (Å²) < 4.78 is 7.37. The number of amides is 1. The van der Waals surface area contributed by atoms with E-state index in [-0.39, 0.29) is 18.0 Å². The van der Waals surface area contributed by atoms with Crippen LogP contribution in [0.1, 0.15) is 62.7 Å². The molecule has 0 radical (unpaired) electrons. The van der Waals surface area contributed by atoms with Gasteiger partial charge in [-0.1, -0.05) is 12.8 Å². The van der Waals surface area contributed by atoms with E-state index in [1.165, 1.54) is 12.8 Å². The van der Waals surface area contributed by atoms with Gasteiger partial charge in [0.1, 0.15) is 0 Å². The number of nitrogens with one attached hydrogen (secondary N) is 1. The van der Waals surface area contributed by atoms with E-state index in [2.05, 4.69) is 15.3 Å². The number of aromatic nitrogens is 2. The second-order valence-corrected chi connectivity index (χ2v) is 7.19. The highest BCUT2D eigenvalue weighted by Gasteiger charge is 2.37. The summed E-state index contributed by atoms with van der Waals surface area (Å²) in [6.45, 7) is 5.00. The van der Waals surface area contributed by atoms with Gasteiger partial charge in [-0.25, -0.2) is 4.68 Å². The van der Waals surface area contributed by atoms with Crippen LogP contribution in [0.3, 0.4) is 0 Å². The Labute approximate surface area is 144 Å². The summed E-state index contributed by atoms with van der Waals surface area (Å²) in [7, 11) is 3.60. The van der Waals surface area contributed by atoms with Crippen LogP contribution in [0.4, 0.5) is 0 Å². The Balaban J connectivity index is 1.76. The molecule has 134 valence electrons. The van der Waals surface area contributed by atoms with Gasteiger partial charge in [-0.05, 0) is 46.1 Å². The predicted molar refractivity (Wildman–Crippen MR) is 93.0 cm³/mol. The van der Waals surface area contributed by atoms with Gasteiger partial charge in [-0.2, -0.15) is 5.10 Å². The molecule has 2 atom stereocenters. The van der Waals surface area contributed by atoms with Gasteiger partial charge in [0.15, 0.2) is 0 Å². The number of ether oxygens (including phenoxy) is 1. The third-order valence-electron chi connectivity index (χ3n) is 5.61. The molecular weight excluding hydrogens is 304 g/mol. The molecule has 6 heteroatoms. The highest BCUT2D eigenvalue weighted by Crippen LogP contribution is 2.39. The molecule has 1 aliphatic heterocycles. The molecule has 6 nitrogen and oxygen atoms in total. The summed E-state index contributed by atoms with van der Waals surface area (Å²) >= 11 is 0. The number of aryl methyl sites for hydroxylation is 2. The van der Waals surface area contributed by atoms with Crippen LogP contribution in [0.25, 0.3) is 0 Å². The van der Waals surface area contributed by atoms with Crippen molar-refractivity contribution in [1.29, 1.82) is 0 Å². The van der Waals surface area contributed by atoms with E-state index in [0.717, 1.165) is 49.4 Å². The number of hydrogen-bond donors (Lipinski definition) is 1. The Morgan fingerprint density at radius 3 is 2.67 bits per heavy atom. The summed E-state index contributed by atoms with van der Waals surface area (Å²) in [5.74, 6) is 0.974. The second kappa shape index (κ2) is 7.13. The van der Waals surface area contributed by atoms with Gasteiger partial charge < -0.3 is 10.1 Å². The number of methoxy groups -OCH3 is 1. The molecule has 2 fully saturated rings. The van der Waals surface area contributed by atoms with Gasteiger partial charge in [-0.15, -0.1) is 0 Å². The fourth-order valence-corrected chi connectivity index (χ4v) is 4.38. The van der Waals surface area contributed by atoms with Crippen LogP contribution in [0, 0.1) is 6.92 Å². The molecule has 3 rings (SSSR count). The van der Waals surface area contributed by atoms with Gasteiger partial charge in [0, 0.05) is 19.1 Å². The van der Waals surface area contributed by atoms with Crippen molar-refractivity contribution in [2.75, 3.05) is 13.7 Å². The summed E-state index contributed by atoms with van der Waals surface area (Å²) in [4.78, 5) is 15.0. The third kappa shape index (κ3) is 3.16. The van der Waals surface area contributed by atoms with E-state index in [1.807, 2.05) is 20.9 Å². The van der Waals surface area contributed by atoms with E-state index in [9.17, 15) is 4.79 Å². The summed E-state index contributed by atoms with van der Waals surface area (Å²) in [6.07, 6.45) is 6.86. The van der Waals surface area contributed by atoms with Crippen LogP contribution in [0.5, 0.6) is 5.88 Å². The molecule has 0 spiro atoms. The molecule has 1 aromatic rings. The summed E-state index contributed by atoms with van der Waals surface area (Å²) in [6, 6.07) is 0.455. The van der Waals surface area contributed by atoms with Crippen LogP contribution in [-0.4, -0.2) is 46.3 Å². The Morgan fingerprint density at radius 1 is 1.29 bits per heavy atom. The first-order valence-electron chi connectivity index (χ1n) is 9.16. The number of hydrogen-bond acceptors (Lipinski definition) is 4. The molecule has 1 saturated carbocycles. The zero-order valence-electron chi connectivity index (χ0n) is 15.3. The topological polar surface area (TPSA) is 59.4 Å². The average molecular weight is 334 g/mol. The van der Waals surface area contributed by atoms with Crippen molar-refractivity contribution in [2.45, 2.75) is 70.5 Å². The van der Waals surface area contributed by atoms with Crippen molar-refractivity contribution in [2.24, 2.45) is 7.05 Å². The number of carbonyl (C=O) groups is 1. The predicted octanol–water partition coefficient (Wildman–Crippen LogP) is 2.32. The van der Waals surface area contributed by atoms with Crippen molar-refractivity contribution in [3.8, 4) is 5.88 Å². The van der Waals surface area contributed by atoms with Crippen LogP contribution in [0.2, 0.25) is 0 Å². The molecule has 1 amide bonds. The molecule has 24 heavy (non-hydrogen) atoms. The molecule has 1 aromatic heterocycles. The lowest BCUT2D eigenvalue weighted by Gasteiger charge is -2.31. The van der Waals surface area contributed by atoms with E-state index < -0.39 is 0 Å². The minimum atomic E-state index is -0.123. The van der Waals surface area contributed by atoms with Crippen LogP contribution >= 0.6 is 0 Å². The smallest absolute Gasteiger partial charge is 0.237 e. The second-order valence-electron chi connectivity index (χ2n) is 7.19. The summed E-state index contributed by atoms with van der Waals surface area (Å²) in [5, 5.41) is 7.76. The van der Waals surface area contributed by atoms with Crippen molar-refractivity contribution >= 4 is 5.91 Å². The first-order valence-corrected chi connectivity index (χ1v) is 9.16. The maximum absolute atomic E-state index is 12.7. The SMILES string of the molecule is COc1c([C@H]2CCCN2[C@H](C)C(=O)NC2CCCC2)c(C)nn1C. The lowest BCUT2D eigenvalue weighted by atomic mass is 10.0. The fraction of sp³-hybridized carbons (Fsp3) is 0.778. The Kier molecular flexibility index (Phi) is 5.13. The highest BCUT2D eigenvalue weighted by atomic mass is 16.5. The maximum atomic E-state index is 12.7. The number of carbonyl (C=O) groups excluding carboxylic acids is 1. The highest BCUT2D eigenvalue weighted by molar-refractivity contribution is 5.81. The fourth-order valence-electron chi connectivity index (χ4n) is 4.38. The van der Waals surface area contributed by atoms with E-state index >= 15 is 0 Å². The van der Waals surface area contributed by atoms with E-state index in [4.69, 9.17) is 4.74 Å². The largest absolute Gasteiger partial charge is 0.481 e. The molecule has 0 aromatic carbocycles. The van der Waals surface area contributed by atoms with Crippen molar-refractivity contribution in [1.82, 2.24) is 20.0 Å². The average Bonchev–Trinajstić information content (AvgIpc) is 3.26. The molecule has 1 saturated heterocycles. The number of rotatable bonds is 5. The first kappa shape index (κ1) is 17.3. The minimum absolute atomic E-state index is 0.123. The van der Waals surface area contributed by atoms with Crippen molar-refractivity contribution < 1.29 is 9.53 Å². The van der Waals surface area contributed by atoms with Gasteiger partial charge in [0.2, 0.25) is 11.8 Å². The van der Waals surface area contributed by atoms with E-state index in [0.29, 0.717) is 6.04 Å². The lowest BCUT2D eigenvalue weighted by Crippen LogP contribution is -2.47. The van der Waals surface area contributed by atoms with Gasteiger partial charge in [0.25, 0.3) is 0 Å². The van der Waals surface area contributed by atoms with Crippen molar-refractivity contribution in [3.05, 3.63) is 11.3 Å². The standard InChI is InChI=1S/C18H30N4O2/c1-12-16(18(24-4)21(3)20-12)15-10-7-11-22(15)13(2)17(23)19-14-8-5-6-9-14/h13-15H,5-11H2,1-4H3,(H,19,23)/t13-,15-/m1/s1. The zero-order chi connectivity index (χ0) is 17.3. The molecule has 2 heterocycles. The molecular formula is C18H30N4O2. The summed E-state index contributed by atoms with van der Waals surface area (Å²) in [5.41, 5.74) is 2.13. The van der Waals surface area contributed by atoms with Gasteiger partial charge in [-0.3, -0.25) is 9.69 Å². The van der Waals surface area contributed by atoms with Crippen molar-refractivity contribution in [3.63, 3.8) is 0 Å². The first-order chi connectivity index (χ1) is 11.5. The van der Waals surface area contributed by atoms with E-state index in [1.54, 1.807) is 11.8 Å². The monoisotopic (exact) mass is 334 g/mol. The molecule has 2 aliphatic rings. The molecule has 0 bridgehead atoms. The zero-order valence-corrected chi connectivity index (χ0v) is 15.3. The third-order valence-corrected chi connectivity index (χ3v) is 5.61. The minimum Gasteiger partial charge on any atom is -0.481 e. The van der Waals surface area contributed by atoms with Crippen LogP contribution in [-0.2, 0) is 11.8 Å². The Hall–Kier alpha value is -1.56. The van der Waals surface area contributed by atoms with Crippen LogP contribution in [0.15, 0.2) is 0 Å². The quantitative estimate of drug-likeness (QED) is 0.898. The van der Waals surface area contributed by atoms with Gasteiger partial charge in [0.05, 0.1) is 24.4 Å². The number of likely N-dealkylation sites (tertiary alicyclic amines) is 1.